The molecule has 2 unspecified atom stereocenters. The first-order chi connectivity index (χ1) is 42.3. The number of likely N-dealkylation sites (N-methyl/N-ethyl adjacent to an activating group) is 2. The van der Waals surface area contributed by atoms with Crippen molar-refractivity contribution >= 4 is 23.5 Å². The number of carboxylic acid groups (broad SMARTS) is 1. The maximum atomic E-state index is 16.1. The van der Waals surface area contributed by atoms with Gasteiger partial charge in [-0.1, -0.05) is 39.8 Å². The molecule has 6 aromatic rings. The summed E-state index contributed by atoms with van der Waals surface area (Å²) in [7, 11) is 11.1. The van der Waals surface area contributed by atoms with Gasteiger partial charge >= 0.3 is 30.8 Å². The van der Waals surface area contributed by atoms with Crippen LogP contribution >= 0.6 is 0 Å². The first-order valence-corrected chi connectivity index (χ1v) is 31.4. The van der Waals surface area contributed by atoms with Gasteiger partial charge in [0.2, 0.25) is 0 Å². The van der Waals surface area contributed by atoms with Crippen molar-refractivity contribution in [1.29, 1.82) is 0 Å². The zero-order chi connectivity index (χ0) is 67.2. The summed E-state index contributed by atoms with van der Waals surface area (Å²) in [6, 6.07) is 16.2. The fourth-order valence-electron chi connectivity index (χ4n) is 12.2. The number of rotatable bonds is 29. The summed E-state index contributed by atoms with van der Waals surface area (Å²) in [6.07, 6.45) is 4.94. The standard InChI is InChI=1S/C38H51FN2O5.C36H47FN2O5.Li.2H2O/c1-11-46-36(44)21-29(31-19-30(17-26(6)38(31)39)37-24(4)12-13-34(45-10)27(37)7)20-33(42)32(16-23(2)3)41-22-28(14-15-40(8)9)25(5)18-35(41)43;1-21(2)14-30(39-20-26(12-13-38(7)8)23(4)16-33(39)41)31(40)18-27(19-34(42)43)29-17-28(15-24(5)36(29)37)35-22(3)10-11-32(44-9)25(35)6;;;/h12-13,17-19,22-23,29,32H,11,14-16,20-21H2,1-10H3;10-11,15-17,20-21,27,30H,12-14,18-19H2,1-9H3,(H,42,43);;2*1H2/q;;+1;;/p-2/t29-,32?;27-,30?;;;/m00.../s1. The van der Waals surface area contributed by atoms with Crippen LogP contribution in [0.25, 0.3) is 22.3 Å². The van der Waals surface area contributed by atoms with E-state index in [1.54, 1.807) is 82.2 Å². The number of ether oxygens (including phenoxy) is 3. The zero-order valence-corrected chi connectivity index (χ0v) is 58.7. The van der Waals surface area contributed by atoms with Crippen molar-refractivity contribution in [3.63, 3.8) is 0 Å². The second-order valence-corrected chi connectivity index (χ2v) is 25.8. The molecule has 2 heterocycles. The van der Waals surface area contributed by atoms with Crippen LogP contribution in [0.15, 0.2) is 82.6 Å². The molecule has 504 valence electrons. The second-order valence-electron chi connectivity index (χ2n) is 25.8. The molecule has 0 radical (unpaired) electrons. The third kappa shape index (κ3) is 21.7. The number of carboxylic acids is 1. The third-order valence-electron chi connectivity index (χ3n) is 17.0. The summed E-state index contributed by atoms with van der Waals surface area (Å²) >= 11 is 0. The molecule has 93 heavy (non-hydrogen) atoms. The van der Waals surface area contributed by atoms with Crippen molar-refractivity contribution in [3.8, 4) is 33.8 Å². The molecule has 0 fully saturated rings. The summed E-state index contributed by atoms with van der Waals surface area (Å²) in [5, 5.41) is 9.87. The monoisotopic (exact) mass is 1280 g/mol. The van der Waals surface area contributed by atoms with E-state index in [0.29, 0.717) is 41.9 Å². The molecule has 0 aliphatic heterocycles. The van der Waals surface area contributed by atoms with Crippen molar-refractivity contribution in [2.75, 3.05) is 62.1 Å². The Morgan fingerprint density at radius 3 is 1.23 bits per heavy atom. The topological polar surface area (TPSA) is 227 Å². The number of nitrogens with zero attached hydrogens (tertiary/aromatic N) is 4. The molecule has 3 N–H and O–H groups in total. The van der Waals surface area contributed by atoms with Crippen molar-refractivity contribution in [2.45, 2.75) is 165 Å². The average molecular weight is 1280 g/mol. The van der Waals surface area contributed by atoms with Crippen LogP contribution < -0.4 is 39.5 Å². The number of aliphatic carboxylic acids is 1. The number of halogens is 2. The molecule has 4 aromatic carbocycles. The Labute approximate surface area is 561 Å². The molecule has 2 aromatic heterocycles. The zero-order valence-electron chi connectivity index (χ0n) is 58.7. The van der Waals surface area contributed by atoms with Crippen LogP contribution in [-0.2, 0) is 36.8 Å². The fourth-order valence-corrected chi connectivity index (χ4v) is 12.2. The first-order valence-electron chi connectivity index (χ1n) is 31.4. The SMILES string of the molecule is CCOC(=O)C[C@H](CC(=O)C(CC(C)C)n1cc(CCN(C)C)c(C)cc1=O)c1cc(-c2c(C)ccc(OC)c2C)cc(C)c1F.COc1ccc(C)c(-c2cc(C)c(F)c([C@H](CC(=O)O)CC(=O)C(CC(C)C)n3cc(CCN(C)C)c(C)cc3=O)c2)c1C.[Li+].[OH-].[OH-]. The van der Waals surface area contributed by atoms with Gasteiger partial charge in [0.05, 0.1) is 45.8 Å². The Morgan fingerprint density at radius 1 is 0.538 bits per heavy atom. The van der Waals surface area contributed by atoms with E-state index in [-0.39, 0.29) is 101 Å². The van der Waals surface area contributed by atoms with Crippen LogP contribution in [0.3, 0.4) is 0 Å². The van der Waals surface area contributed by atoms with Crippen LogP contribution in [-0.4, -0.2) is 121 Å². The number of Topliss-reactive ketones (excluding diaryl/α,β-unsaturated/α-hetero) is 2. The smallest absolute Gasteiger partial charge is 0.870 e. The predicted molar refractivity (Wildman–Crippen MR) is 360 cm³/mol. The predicted octanol–water partition coefficient (Wildman–Crippen LogP) is 10.7. The number of hydrogen-bond donors (Lipinski definition) is 1. The molecular formula is C74H100F2LiN4O12-. The Morgan fingerprint density at radius 2 is 0.903 bits per heavy atom. The Hall–Kier alpha value is -7.04. The van der Waals surface area contributed by atoms with Gasteiger partial charge in [-0.15, -0.1) is 0 Å². The molecule has 0 aliphatic rings. The maximum absolute atomic E-state index is 16.1. The van der Waals surface area contributed by atoms with E-state index in [4.69, 9.17) is 14.2 Å². The largest absolute Gasteiger partial charge is 1.00 e. The number of aryl methyl sites for hydroxylation is 6. The Balaban J connectivity index is 0.000000614. The van der Waals surface area contributed by atoms with E-state index in [0.717, 1.165) is 86.3 Å². The number of carbonyl (C=O) groups is 4. The van der Waals surface area contributed by atoms with Gasteiger partial charge in [-0.05, 0) is 253 Å². The Kier molecular flexibility index (Phi) is 32.8. The van der Waals surface area contributed by atoms with E-state index in [1.165, 1.54) is 4.57 Å². The molecule has 6 rings (SSSR count). The molecular weight excluding hydrogens is 1180 g/mol. The number of carbonyl (C=O) groups excluding carboxylic acids is 3. The number of benzene rings is 4. The van der Waals surface area contributed by atoms with Crippen LogP contribution in [0, 0.1) is 78.9 Å². The van der Waals surface area contributed by atoms with Crippen molar-refractivity contribution in [3.05, 3.63) is 172 Å². The van der Waals surface area contributed by atoms with Gasteiger partial charge < -0.3 is 49.2 Å². The van der Waals surface area contributed by atoms with E-state index >= 15 is 8.78 Å². The molecule has 16 nitrogen and oxygen atoms in total. The van der Waals surface area contributed by atoms with E-state index in [2.05, 4.69) is 9.80 Å². The maximum Gasteiger partial charge on any atom is 1.00 e. The number of methoxy groups -OCH3 is 2. The minimum absolute atomic E-state index is 0. The fraction of sp³-hybridized carbons (Fsp3) is 0.486. The van der Waals surface area contributed by atoms with E-state index < -0.39 is 53.9 Å². The normalized spacial score (nSPS) is 12.4. The van der Waals surface area contributed by atoms with E-state index in [9.17, 15) is 33.9 Å². The van der Waals surface area contributed by atoms with Crippen molar-refractivity contribution in [1.82, 2.24) is 18.9 Å². The summed E-state index contributed by atoms with van der Waals surface area (Å²) < 4.78 is 51.4. The molecule has 0 bridgehead atoms. The number of ketones is 2. The van der Waals surface area contributed by atoms with Gasteiger partial charge in [0, 0.05) is 62.3 Å². The van der Waals surface area contributed by atoms with Gasteiger partial charge in [-0.2, -0.15) is 0 Å². The van der Waals surface area contributed by atoms with Gasteiger partial charge in [0.1, 0.15) is 23.1 Å². The molecule has 4 atom stereocenters. The van der Waals surface area contributed by atoms with Crippen LogP contribution in [0.5, 0.6) is 11.5 Å². The van der Waals surface area contributed by atoms with Gasteiger partial charge in [0.25, 0.3) is 11.1 Å². The number of aromatic nitrogens is 2. The summed E-state index contributed by atoms with van der Waals surface area (Å²) in [4.78, 5) is 84.1. The molecule has 0 saturated heterocycles. The minimum atomic E-state index is -1.13. The molecule has 0 amide bonds. The molecule has 19 heteroatoms. The van der Waals surface area contributed by atoms with Gasteiger partial charge in [-0.25, -0.2) is 8.78 Å². The second kappa shape index (κ2) is 37.2. The average Bonchev–Trinajstić information content (AvgIpc) is 0.805. The quantitative estimate of drug-likeness (QED) is 0.0340. The summed E-state index contributed by atoms with van der Waals surface area (Å²) in [6.45, 7) is 26.4. The van der Waals surface area contributed by atoms with Crippen LogP contribution in [0.1, 0.15) is 164 Å². The van der Waals surface area contributed by atoms with Gasteiger partial charge in [0.15, 0.2) is 11.6 Å². The van der Waals surface area contributed by atoms with Crippen molar-refractivity contribution in [2.24, 2.45) is 11.8 Å². The molecule has 0 spiro atoms. The number of hydrogen-bond acceptors (Lipinski definition) is 13. The van der Waals surface area contributed by atoms with Crippen molar-refractivity contribution < 1.29 is 77.1 Å². The number of pyridine rings is 2. The van der Waals surface area contributed by atoms with E-state index in [1.807, 2.05) is 128 Å². The molecule has 0 aliphatic carbocycles. The Bertz CT molecular complexity index is 3670. The molecule has 0 saturated carbocycles. The minimum Gasteiger partial charge on any atom is -0.870 e. The first kappa shape index (κ1) is 82.0. The van der Waals surface area contributed by atoms with Gasteiger partial charge in [-0.3, -0.25) is 28.8 Å². The summed E-state index contributed by atoms with van der Waals surface area (Å²) in [5.41, 5.74) is 11.5. The summed E-state index contributed by atoms with van der Waals surface area (Å²) in [5.74, 6) is -3.23. The number of esters is 1. The van der Waals surface area contributed by atoms with Crippen LogP contribution in [0.4, 0.5) is 8.78 Å². The third-order valence-corrected chi connectivity index (χ3v) is 17.0. The van der Waals surface area contributed by atoms with Crippen LogP contribution in [0.2, 0.25) is 0 Å².